The van der Waals surface area contributed by atoms with Crippen molar-refractivity contribution in [3.05, 3.63) is 107 Å². The van der Waals surface area contributed by atoms with Gasteiger partial charge in [-0.25, -0.2) is 4.98 Å². The molecule has 0 aliphatic heterocycles. The van der Waals surface area contributed by atoms with E-state index in [-0.39, 0.29) is 5.78 Å². The Kier molecular flexibility index (Phi) is 5.31. The molecule has 0 fully saturated rings. The van der Waals surface area contributed by atoms with Gasteiger partial charge in [0.25, 0.3) is 0 Å². The van der Waals surface area contributed by atoms with Crippen molar-refractivity contribution in [2.75, 3.05) is 19.0 Å². The summed E-state index contributed by atoms with van der Waals surface area (Å²) in [6, 6.07) is 26.6. The van der Waals surface area contributed by atoms with Gasteiger partial charge in [0.2, 0.25) is 11.6 Å². The fraction of sp³-hybridized carbons (Fsp3) is 0.143. The summed E-state index contributed by atoms with van der Waals surface area (Å²) in [6.07, 6.45) is 3.51. The van der Waals surface area contributed by atoms with Crippen molar-refractivity contribution in [1.82, 2.24) is 14.0 Å². The highest BCUT2D eigenvalue weighted by Crippen LogP contribution is 2.26. The SMILES string of the molecule is Cc1nc2n(Cc3ccccc3)c3ccccc3n2c1C(=O)C=Cc1ccc(N(C)C)cc1. The number of hydrogen-bond donors (Lipinski definition) is 0. The van der Waals surface area contributed by atoms with E-state index in [0.717, 1.165) is 33.8 Å². The van der Waals surface area contributed by atoms with Gasteiger partial charge in [0.05, 0.1) is 23.3 Å². The maximum atomic E-state index is 13.3. The Hall–Kier alpha value is -4.12. The molecule has 0 radical (unpaired) electrons. The lowest BCUT2D eigenvalue weighted by molar-refractivity contribution is 0.104. The first-order valence-electron chi connectivity index (χ1n) is 11.0. The number of anilines is 1. The van der Waals surface area contributed by atoms with Gasteiger partial charge in [-0.3, -0.25) is 9.20 Å². The number of ketones is 1. The van der Waals surface area contributed by atoms with Crippen molar-refractivity contribution < 1.29 is 4.79 Å². The number of allylic oxidation sites excluding steroid dienone is 1. The summed E-state index contributed by atoms with van der Waals surface area (Å²) < 4.78 is 4.17. The fourth-order valence-corrected chi connectivity index (χ4v) is 4.26. The van der Waals surface area contributed by atoms with E-state index in [9.17, 15) is 4.79 Å². The van der Waals surface area contributed by atoms with E-state index in [0.29, 0.717) is 12.2 Å². The number of imidazole rings is 2. The van der Waals surface area contributed by atoms with E-state index >= 15 is 0 Å². The van der Waals surface area contributed by atoms with Gasteiger partial charge in [0.15, 0.2) is 0 Å². The van der Waals surface area contributed by atoms with Crippen LogP contribution >= 0.6 is 0 Å². The molecule has 0 atom stereocenters. The van der Waals surface area contributed by atoms with Crippen molar-refractivity contribution in [3.63, 3.8) is 0 Å². The summed E-state index contributed by atoms with van der Waals surface area (Å²) in [5, 5.41) is 0. The van der Waals surface area contributed by atoms with Gasteiger partial charge in [-0.2, -0.15) is 0 Å². The van der Waals surface area contributed by atoms with Crippen LogP contribution in [0.1, 0.15) is 27.3 Å². The van der Waals surface area contributed by atoms with Crippen LogP contribution in [0.5, 0.6) is 0 Å². The summed E-state index contributed by atoms with van der Waals surface area (Å²) in [5.41, 5.74) is 6.67. The Balaban J connectivity index is 1.57. The van der Waals surface area contributed by atoms with Crippen LogP contribution < -0.4 is 4.90 Å². The van der Waals surface area contributed by atoms with E-state index in [1.165, 1.54) is 5.56 Å². The summed E-state index contributed by atoms with van der Waals surface area (Å²) in [4.78, 5) is 20.2. The number of carbonyl (C=O) groups is 1. The maximum absolute atomic E-state index is 13.3. The Morgan fingerprint density at radius 3 is 2.27 bits per heavy atom. The molecule has 0 N–H and O–H groups in total. The van der Waals surface area contributed by atoms with Crippen molar-refractivity contribution in [1.29, 1.82) is 0 Å². The zero-order chi connectivity index (χ0) is 22.9. The van der Waals surface area contributed by atoms with Crippen LogP contribution in [0.2, 0.25) is 0 Å². The largest absolute Gasteiger partial charge is 0.378 e. The molecule has 0 amide bonds. The Morgan fingerprint density at radius 2 is 1.58 bits per heavy atom. The van der Waals surface area contributed by atoms with Crippen molar-refractivity contribution >= 4 is 34.4 Å². The third-order valence-electron chi connectivity index (χ3n) is 5.94. The molecule has 2 heterocycles. The molecule has 2 aromatic heterocycles. The zero-order valence-corrected chi connectivity index (χ0v) is 19.1. The van der Waals surface area contributed by atoms with Gasteiger partial charge in [0.1, 0.15) is 5.69 Å². The predicted octanol–water partition coefficient (Wildman–Crippen LogP) is 5.61. The summed E-state index contributed by atoms with van der Waals surface area (Å²) in [7, 11) is 4.02. The standard InChI is InChI=1S/C28H26N4O/c1-20-27(26(33)18-15-21-13-16-23(17-14-21)30(2)3)32-25-12-8-7-11-24(25)31(28(32)29-20)19-22-9-5-4-6-10-22/h4-18H,19H2,1-3H3. The number of aryl methyl sites for hydroxylation is 1. The molecular weight excluding hydrogens is 408 g/mol. The number of para-hydroxylation sites is 2. The molecule has 5 rings (SSSR count). The van der Waals surface area contributed by atoms with E-state index in [1.54, 1.807) is 6.08 Å². The monoisotopic (exact) mass is 434 g/mol. The molecule has 3 aromatic carbocycles. The quantitative estimate of drug-likeness (QED) is 0.258. The molecule has 0 spiro atoms. The summed E-state index contributed by atoms with van der Waals surface area (Å²) in [6.45, 7) is 2.59. The predicted molar refractivity (Wildman–Crippen MR) is 135 cm³/mol. The van der Waals surface area contributed by atoms with Gasteiger partial charge in [0, 0.05) is 19.8 Å². The van der Waals surface area contributed by atoms with Gasteiger partial charge < -0.3 is 9.47 Å². The molecule has 0 saturated carbocycles. The van der Waals surface area contributed by atoms with Crippen LogP contribution in [-0.4, -0.2) is 33.8 Å². The third kappa shape index (κ3) is 3.82. The van der Waals surface area contributed by atoms with Crippen molar-refractivity contribution in [2.45, 2.75) is 13.5 Å². The fourth-order valence-electron chi connectivity index (χ4n) is 4.26. The molecule has 0 aliphatic rings. The Labute approximate surface area is 193 Å². The second-order valence-electron chi connectivity index (χ2n) is 8.43. The van der Waals surface area contributed by atoms with E-state index in [1.807, 2.05) is 92.2 Å². The van der Waals surface area contributed by atoms with E-state index in [2.05, 4.69) is 27.7 Å². The second-order valence-corrected chi connectivity index (χ2v) is 8.43. The molecule has 5 nitrogen and oxygen atoms in total. The van der Waals surface area contributed by atoms with Crippen LogP contribution in [0.25, 0.3) is 22.9 Å². The minimum Gasteiger partial charge on any atom is -0.378 e. The number of carbonyl (C=O) groups excluding carboxylic acids is 1. The van der Waals surface area contributed by atoms with Crippen LogP contribution in [0, 0.1) is 6.92 Å². The third-order valence-corrected chi connectivity index (χ3v) is 5.94. The highest BCUT2D eigenvalue weighted by Gasteiger charge is 2.21. The van der Waals surface area contributed by atoms with Gasteiger partial charge in [-0.15, -0.1) is 0 Å². The lowest BCUT2D eigenvalue weighted by Crippen LogP contribution is -2.07. The lowest BCUT2D eigenvalue weighted by atomic mass is 10.1. The Morgan fingerprint density at radius 1 is 0.909 bits per heavy atom. The summed E-state index contributed by atoms with van der Waals surface area (Å²) in [5.74, 6) is 0.726. The van der Waals surface area contributed by atoms with E-state index < -0.39 is 0 Å². The van der Waals surface area contributed by atoms with Gasteiger partial charge in [-0.05, 0) is 48.4 Å². The second kappa shape index (κ2) is 8.43. The lowest BCUT2D eigenvalue weighted by Gasteiger charge is -2.11. The first kappa shape index (κ1) is 20.8. The number of hydrogen-bond acceptors (Lipinski definition) is 3. The molecule has 5 aromatic rings. The van der Waals surface area contributed by atoms with Gasteiger partial charge in [-0.1, -0.05) is 60.7 Å². The average molecular weight is 435 g/mol. The van der Waals surface area contributed by atoms with Crippen LogP contribution in [0.4, 0.5) is 5.69 Å². The van der Waals surface area contributed by atoms with E-state index in [4.69, 9.17) is 4.98 Å². The van der Waals surface area contributed by atoms with Crippen LogP contribution in [0.3, 0.4) is 0 Å². The number of fused-ring (bicyclic) bond motifs is 3. The van der Waals surface area contributed by atoms with Crippen LogP contribution in [-0.2, 0) is 6.54 Å². The molecule has 0 saturated heterocycles. The number of nitrogens with zero attached hydrogens (tertiary/aromatic N) is 4. The number of benzene rings is 3. The minimum atomic E-state index is -0.0562. The first-order chi connectivity index (χ1) is 16.0. The van der Waals surface area contributed by atoms with Crippen LogP contribution in [0.15, 0.2) is 84.9 Å². The Bertz CT molecular complexity index is 1470. The molecule has 0 bridgehead atoms. The highest BCUT2D eigenvalue weighted by atomic mass is 16.1. The molecule has 5 heteroatoms. The van der Waals surface area contributed by atoms with Crippen molar-refractivity contribution in [2.24, 2.45) is 0 Å². The molecule has 33 heavy (non-hydrogen) atoms. The molecular formula is C28H26N4O. The summed E-state index contributed by atoms with van der Waals surface area (Å²) >= 11 is 0. The van der Waals surface area contributed by atoms with Crippen molar-refractivity contribution in [3.8, 4) is 0 Å². The maximum Gasteiger partial charge on any atom is 0.216 e. The number of aromatic nitrogens is 3. The topological polar surface area (TPSA) is 42.5 Å². The normalized spacial score (nSPS) is 11.6. The minimum absolute atomic E-state index is 0.0562. The highest BCUT2D eigenvalue weighted by molar-refractivity contribution is 6.08. The number of rotatable bonds is 6. The van der Waals surface area contributed by atoms with Gasteiger partial charge >= 0.3 is 0 Å². The smallest absolute Gasteiger partial charge is 0.216 e. The average Bonchev–Trinajstić information content (AvgIpc) is 3.32. The molecule has 0 unspecified atom stereocenters. The first-order valence-corrected chi connectivity index (χ1v) is 11.0. The zero-order valence-electron chi connectivity index (χ0n) is 19.1. The molecule has 164 valence electrons. The molecule has 0 aliphatic carbocycles.